The van der Waals surface area contributed by atoms with Crippen molar-refractivity contribution >= 4 is 121 Å². The summed E-state index contributed by atoms with van der Waals surface area (Å²) in [5, 5.41) is 4.95. The van der Waals surface area contributed by atoms with E-state index in [2.05, 4.69) is 475 Å². The molecular formula is C100H68Br3N3. The molecule has 0 unspecified atom stereocenters. The van der Waals surface area contributed by atoms with Gasteiger partial charge in [-0.2, -0.15) is 0 Å². The van der Waals surface area contributed by atoms with E-state index >= 15 is 0 Å². The molecule has 17 aromatic rings. The zero-order valence-electron chi connectivity index (χ0n) is 57.7. The monoisotopic (exact) mass is 1550 g/mol. The molecule has 0 saturated carbocycles. The summed E-state index contributed by atoms with van der Waals surface area (Å²) < 4.78 is 3.21. The van der Waals surface area contributed by atoms with Gasteiger partial charge in [-0.15, -0.1) is 0 Å². The van der Waals surface area contributed by atoms with Crippen LogP contribution in [0.25, 0.3) is 54.9 Å². The minimum atomic E-state index is -0.424. The van der Waals surface area contributed by atoms with Crippen molar-refractivity contribution in [3.8, 4) is 33.4 Å². The van der Waals surface area contributed by atoms with E-state index < -0.39 is 5.41 Å². The maximum atomic E-state index is 3.62. The van der Waals surface area contributed by atoms with Gasteiger partial charge in [-0.25, -0.2) is 0 Å². The molecule has 6 heteroatoms. The molecule has 0 aromatic heterocycles. The van der Waals surface area contributed by atoms with Gasteiger partial charge in [0.2, 0.25) is 0 Å². The average Bonchev–Trinajstić information content (AvgIpc) is 1.50. The summed E-state index contributed by atoms with van der Waals surface area (Å²) in [6, 6.07) is 149. The van der Waals surface area contributed by atoms with Crippen LogP contribution >= 0.6 is 47.8 Å². The fourth-order valence-corrected chi connectivity index (χ4v) is 17.6. The van der Waals surface area contributed by atoms with E-state index in [1.54, 1.807) is 0 Å². The standard InChI is InChI=1S/C37H24BrN.C37H26BrN.C26H18BrN/c38-25-18-20-27(21-19-25)39(26-10-2-1-3-11-26)28-22-23-32-31-14-6-9-17-35(31)37(36(32)24-28)33-15-7-4-12-29(33)30-13-5-8-16-34(30)37;38-29-20-22-31(23-21-29)39(30-16-8-3-9-17-30)32-24-25-34-33-18-10-11-19-35(33)37(36(34)26-32,27-12-4-1-5-13-27)28-14-6-2-7-15-28;27-21-15-17-22(18-16-21)28(25-13-5-9-19-7-1-3-11-23(19)25)26-14-6-10-20-8-2-4-12-24(20)26/h1-24H;1-26H;1-18H. The van der Waals surface area contributed by atoms with Gasteiger partial charge in [0.25, 0.3) is 0 Å². The lowest BCUT2D eigenvalue weighted by molar-refractivity contribution is 0.768. The Morgan fingerprint density at radius 2 is 0.443 bits per heavy atom. The Morgan fingerprint density at radius 3 is 0.821 bits per heavy atom. The van der Waals surface area contributed by atoms with Gasteiger partial charge in [0.1, 0.15) is 0 Å². The molecule has 0 saturated heterocycles. The summed E-state index contributed by atoms with van der Waals surface area (Å²) in [4.78, 5) is 7.06. The highest BCUT2D eigenvalue weighted by Crippen LogP contribution is 2.64. The summed E-state index contributed by atoms with van der Waals surface area (Å²) >= 11 is 10.8. The van der Waals surface area contributed by atoms with Crippen molar-refractivity contribution in [2.75, 3.05) is 14.7 Å². The smallest absolute Gasteiger partial charge is 0.0726 e. The van der Waals surface area contributed by atoms with Gasteiger partial charge in [0.15, 0.2) is 0 Å². The second kappa shape index (κ2) is 28.3. The van der Waals surface area contributed by atoms with Crippen LogP contribution in [-0.2, 0) is 10.8 Å². The molecule has 106 heavy (non-hydrogen) atoms. The van der Waals surface area contributed by atoms with E-state index in [4.69, 9.17) is 0 Å². The van der Waals surface area contributed by atoms with E-state index in [1.165, 1.54) is 111 Å². The molecule has 0 amide bonds. The number of hydrogen-bond acceptors (Lipinski definition) is 3. The van der Waals surface area contributed by atoms with Crippen molar-refractivity contribution in [3.63, 3.8) is 0 Å². The molecule has 0 bridgehead atoms. The molecule has 3 aliphatic carbocycles. The van der Waals surface area contributed by atoms with Gasteiger partial charge in [0.05, 0.1) is 22.2 Å². The van der Waals surface area contributed by atoms with E-state index in [-0.39, 0.29) is 5.41 Å². The van der Waals surface area contributed by atoms with Crippen molar-refractivity contribution in [2.24, 2.45) is 0 Å². The third-order valence-electron chi connectivity index (χ3n) is 21.2. The van der Waals surface area contributed by atoms with Gasteiger partial charge < -0.3 is 14.7 Å². The maximum Gasteiger partial charge on any atom is 0.0726 e. The first-order valence-corrected chi connectivity index (χ1v) is 38.2. The van der Waals surface area contributed by atoms with E-state index in [0.29, 0.717) is 0 Å². The van der Waals surface area contributed by atoms with Gasteiger partial charge in [-0.1, -0.05) is 327 Å². The molecule has 3 nitrogen and oxygen atoms in total. The normalized spacial score (nSPS) is 12.6. The first kappa shape index (κ1) is 66.1. The minimum Gasteiger partial charge on any atom is -0.310 e. The zero-order chi connectivity index (χ0) is 71.1. The Morgan fingerprint density at radius 1 is 0.179 bits per heavy atom. The van der Waals surface area contributed by atoms with Crippen LogP contribution in [-0.4, -0.2) is 0 Å². The molecule has 20 rings (SSSR count). The van der Waals surface area contributed by atoms with E-state index in [0.717, 1.165) is 53.2 Å². The quantitative estimate of drug-likeness (QED) is 0.128. The number of halogens is 3. The Kier molecular flexibility index (Phi) is 17.6. The van der Waals surface area contributed by atoms with Crippen LogP contribution < -0.4 is 14.7 Å². The van der Waals surface area contributed by atoms with Crippen LogP contribution in [0.3, 0.4) is 0 Å². The lowest BCUT2D eigenvalue weighted by Crippen LogP contribution is -2.28. The third-order valence-corrected chi connectivity index (χ3v) is 22.8. The minimum absolute atomic E-state index is 0.350. The summed E-state index contributed by atoms with van der Waals surface area (Å²) in [5.74, 6) is 0. The van der Waals surface area contributed by atoms with Gasteiger partial charge in [0, 0.05) is 64.0 Å². The third kappa shape index (κ3) is 11.5. The van der Waals surface area contributed by atoms with Crippen molar-refractivity contribution in [1.82, 2.24) is 0 Å². The lowest BCUT2D eigenvalue weighted by atomic mass is 9.67. The Labute approximate surface area is 644 Å². The summed E-state index contributed by atoms with van der Waals surface area (Å²) in [6.07, 6.45) is 0. The molecule has 0 radical (unpaired) electrons. The summed E-state index contributed by atoms with van der Waals surface area (Å²) in [5.41, 5.74) is 28.0. The molecule has 0 fully saturated rings. The number of hydrogen-bond donors (Lipinski definition) is 0. The van der Waals surface area contributed by atoms with Crippen molar-refractivity contribution < 1.29 is 0 Å². The average molecular weight is 1550 g/mol. The first-order chi connectivity index (χ1) is 52.3. The SMILES string of the molecule is Brc1ccc(N(c2cccc3ccccc23)c2cccc3ccccc23)cc1.Brc1ccc(N(c2ccccc2)c2ccc3c(c2)C(c2ccccc2)(c2ccccc2)c2ccccc2-3)cc1.Brc1ccc(N(c2ccccc2)c2ccc3c(c2)C2(c4ccccc4-c4ccccc42)c2ccccc2-3)cc1. The highest BCUT2D eigenvalue weighted by molar-refractivity contribution is 9.11. The predicted octanol–water partition coefficient (Wildman–Crippen LogP) is 28.8. The topological polar surface area (TPSA) is 9.72 Å². The second-order valence-corrected chi connectivity index (χ2v) is 29.7. The molecule has 0 N–H and O–H groups in total. The Hall–Kier alpha value is -11.9. The molecule has 17 aromatic carbocycles. The Balaban J connectivity index is 0.000000114. The first-order valence-electron chi connectivity index (χ1n) is 35.9. The molecule has 0 aliphatic heterocycles. The second-order valence-electron chi connectivity index (χ2n) is 27.0. The number of fused-ring (bicyclic) bond motifs is 15. The number of rotatable bonds is 11. The van der Waals surface area contributed by atoms with E-state index in [9.17, 15) is 0 Å². The Bertz CT molecular complexity index is 5690. The van der Waals surface area contributed by atoms with Crippen LogP contribution in [0.5, 0.6) is 0 Å². The number of nitrogens with zero attached hydrogens (tertiary/aromatic N) is 3. The van der Waals surface area contributed by atoms with Crippen LogP contribution in [0.2, 0.25) is 0 Å². The molecule has 0 heterocycles. The fourth-order valence-electron chi connectivity index (χ4n) is 16.8. The van der Waals surface area contributed by atoms with E-state index in [1.807, 2.05) is 0 Å². The largest absolute Gasteiger partial charge is 0.310 e. The highest BCUT2D eigenvalue weighted by atomic mass is 79.9. The molecule has 0 atom stereocenters. The predicted molar refractivity (Wildman–Crippen MR) is 455 cm³/mol. The molecule has 504 valence electrons. The lowest BCUT2D eigenvalue weighted by Gasteiger charge is -2.35. The van der Waals surface area contributed by atoms with Crippen LogP contribution in [0, 0.1) is 0 Å². The van der Waals surface area contributed by atoms with Gasteiger partial charge in [-0.05, 0) is 222 Å². The molecular weight excluding hydrogens is 1480 g/mol. The van der Waals surface area contributed by atoms with Crippen LogP contribution in [0.4, 0.5) is 51.2 Å². The van der Waals surface area contributed by atoms with Crippen LogP contribution in [0.1, 0.15) is 44.5 Å². The maximum absolute atomic E-state index is 3.62. The zero-order valence-corrected chi connectivity index (χ0v) is 62.5. The van der Waals surface area contributed by atoms with Crippen molar-refractivity contribution in [2.45, 2.75) is 10.8 Å². The number of para-hydroxylation sites is 2. The number of anilines is 9. The van der Waals surface area contributed by atoms with Crippen molar-refractivity contribution in [1.29, 1.82) is 0 Å². The van der Waals surface area contributed by atoms with Crippen LogP contribution in [0.15, 0.2) is 426 Å². The van der Waals surface area contributed by atoms with Gasteiger partial charge in [-0.3, -0.25) is 0 Å². The molecule has 3 aliphatic rings. The van der Waals surface area contributed by atoms with Crippen molar-refractivity contribution in [3.05, 3.63) is 470 Å². The summed E-state index contributed by atoms with van der Waals surface area (Å²) in [6.45, 7) is 0. The fraction of sp³-hybridized carbons (Fsp3) is 0.0200. The molecule has 1 spiro atoms. The highest BCUT2D eigenvalue weighted by Gasteiger charge is 2.52. The van der Waals surface area contributed by atoms with Gasteiger partial charge >= 0.3 is 0 Å². The number of benzene rings is 17. The summed E-state index contributed by atoms with van der Waals surface area (Å²) in [7, 11) is 0.